The molecule has 1 saturated heterocycles. The van der Waals surface area contributed by atoms with Gasteiger partial charge in [0.25, 0.3) is 0 Å². The number of carbonyl (C=O) groups excluding carboxylic acids is 1. The maximum atomic E-state index is 12.1. The Morgan fingerprint density at radius 2 is 2.39 bits per heavy atom. The standard InChI is InChI=1S/C14H21N3O/c1-11(12-6-5-8-15-10-12)17-14(18)13-7-3-2-4-9-16-13/h5-6,8,10-11,13,16H,2-4,7,9H2,1H3,(H,17,18)/t11-,13?/m0/s1. The average Bonchev–Trinajstić information content (AvgIpc) is 2.68. The van der Waals surface area contributed by atoms with Gasteiger partial charge in [0.15, 0.2) is 0 Å². The third-order valence-corrected chi connectivity index (χ3v) is 3.42. The Labute approximate surface area is 108 Å². The summed E-state index contributed by atoms with van der Waals surface area (Å²) in [6, 6.07) is 3.85. The maximum Gasteiger partial charge on any atom is 0.237 e. The molecule has 1 aliphatic heterocycles. The van der Waals surface area contributed by atoms with E-state index in [0.29, 0.717) is 0 Å². The number of pyridine rings is 1. The van der Waals surface area contributed by atoms with E-state index in [1.165, 1.54) is 12.8 Å². The number of nitrogens with zero attached hydrogens (tertiary/aromatic N) is 1. The van der Waals surface area contributed by atoms with E-state index in [2.05, 4.69) is 15.6 Å². The second kappa shape index (κ2) is 6.50. The van der Waals surface area contributed by atoms with Crippen LogP contribution < -0.4 is 10.6 Å². The predicted octanol–water partition coefficient (Wildman–Crippen LogP) is 1.79. The highest BCUT2D eigenvalue weighted by atomic mass is 16.2. The monoisotopic (exact) mass is 247 g/mol. The van der Waals surface area contributed by atoms with E-state index in [0.717, 1.165) is 24.9 Å². The van der Waals surface area contributed by atoms with Crippen LogP contribution in [-0.4, -0.2) is 23.5 Å². The van der Waals surface area contributed by atoms with Gasteiger partial charge in [-0.2, -0.15) is 0 Å². The topological polar surface area (TPSA) is 54.0 Å². The summed E-state index contributed by atoms with van der Waals surface area (Å²) in [5.41, 5.74) is 1.04. The number of rotatable bonds is 3. The number of carbonyl (C=O) groups is 1. The van der Waals surface area contributed by atoms with Crippen molar-refractivity contribution in [2.45, 2.75) is 44.7 Å². The molecule has 0 bridgehead atoms. The third kappa shape index (κ3) is 3.53. The van der Waals surface area contributed by atoms with E-state index in [1.807, 2.05) is 19.1 Å². The fourth-order valence-electron chi connectivity index (χ4n) is 2.28. The Balaban J connectivity index is 1.90. The lowest BCUT2D eigenvalue weighted by atomic mass is 10.1. The molecular formula is C14H21N3O. The highest BCUT2D eigenvalue weighted by Crippen LogP contribution is 2.12. The van der Waals surface area contributed by atoms with Gasteiger partial charge in [-0.25, -0.2) is 0 Å². The van der Waals surface area contributed by atoms with Crippen LogP contribution in [0.15, 0.2) is 24.5 Å². The number of nitrogens with one attached hydrogen (secondary N) is 2. The van der Waals surface area contributed by atoms with Crippen LogP contribution in [0.5, 0.6) is 0 Å². The van der Waals surface area contributed by atoms with Crippen LogP contribution in [0.2, 0.25) is 0 Å². The first kappa shape index (κ1) is 13.0. The molecule has 2 rings (SSSR count). The number of amides is 1. The Kier molecular flexibility index (Phi) is 4.70. The molecule has 0 radical (unpaired) electrons. The van der Waals surface area contributed by atoms with Crippen molar-refractivity contribution in [2.75, 3.05) is 6.54 Å². The molecule has 1 fully saturated rings. The largest absolute Gasteiger partial charge is 0.348 e. The van der Waals surface area contributed by atoms with Crippen molar-refractivity contribution in [3.63, 3.8) is 0 Å². The first-order valence-electron chi connectivity index (χ1n) is 6.71. The molecule has 98 valence electrons. The zero-order valence-electron chi connectivity index (χ0n) is 10.9. The summed E-state index contributed by atoms with van der Waals surface area (Å²) in [5, 5.41) is 6.36. The Morgan fingerprint density at radius 1 is 1.50 bits per heavy atom. The van der Waals surface area contributed by atoms with Gasteiger partial charge < -0.3 is 10.6 Å². The van der Waals surface area contributed by atoms with Gasteiger partial charge in [0.05, 0.1) is 12.1 Å². The highest BCUT2D eigenvalue weighted by Gasteiger charge is 2.21. The molecule has 1 aromatic heterocycles. The van der Waals surface area contributed by atoms with Crippen molar-refractivity contribution < 1.29 is 4.79 Å². The molecule has 18 heavy (non-hydrogen) atoms. The summed E-state index contributed by atoms with van der Waals surface area (Å²) in [4.78, 5) is 16.2. The second-order valence-electron chi connectivity index (χ2n) is 4.87. The minimum absolute atomic E-state index is 0.0104. The number of aromatic nitrogens is 1. The van der Waals surface area contributed by atoms with Crippen LogP contribution in [0.1, 0.15) is 44.2 Å². The van der Waals surface area contributed by atoms with Gasteiger partial charge in [0.1, 0.15) is 0 Å². The van der Waals surface area contributed by atoms with Crippen molar-refractivity contribution in [1.82, 2.24) is 15.6 Å². The second-order valence-corrected chi connectivity index (χ2v) is 4.87. The van der Waals surface area contributed by atoms with Gasteiger partial charge in [0, 0.05) is 12.4 Å². The smallest absolute Gasteiger partial charge is 0.237 e. The number of hydrogen-bond acceptors (Lipinski definition) is 3. The third-order valence-electron chi connectivity index (χ3n) is 3.42. The van der Waals surface area contributed by atoms with Gasteiger partial charge in [0.2, 0.25) is 5.91 Å². The van der Waals surface area contributed by atoms with Crippen LogP contribution in [0.4, 0.5) is 0 Å². The fourth-order valence-corrected chi connectivity index (χ4v) is 2.28. The van der Waals surface area contributed by atoms with Crippen LogP contribution in [0, 0.1) is 0 Å². The minimum atomic E-state index is -0.0355. The van der Waals surface area contributed by atoms with Crippen LogP contribution in [0.3, 0.4) is 0 Å². The zero-order chi connectivity index (χ0) is 12.8. The lowest BCUT2D eigenvalue weighted by Gasteiger charge is -2.19. The van der Waals surface area contributed by atoms with Gasteiger partial charge in [-0.05, 0) is 37.9 Å². The van der Waals surface area contributed by atoms with Crippen molar-refractivity contribution in [3.05, 3.63) is 30.1 Å². The molecular weight excluding hydrogens is 226 g/mol. The molecule has 4 nitrogen and oxygen atoms in total. The molecule has 2 atom stereocenters. The van der Waals surface area contributed by atoms with Crippen LogP contribution in [0.25, 0.3) is 0 Å². The van der Waals surface area contributed by atoms with E-state index in [1.54, 1.807) is 12.4 Å². The van der Waals surface area contributed by atoms with Gasteiger partial charge >= 0.3 is 0 Å². The minimum Gasteiger partial charge on any atom is -0.348 e. The quantitative estimate of drug-likeness (QED) is 0.856. The van der Waals surface area contributed by atoms with Crippen molar-refractivity contribution in [3.8, 4) is 0 Å². The zero-order valence-corrected chi connectivity index (χ0v) is 10.9. The first-order valence-corrected chi connectivity index (χ1v) is 6.71. The predicted molar refractivity (Wildman–Crippen MR) is 71.1 cm³/mol. The molecule has 0 aromatic carbocycles. The van der Waals surface area contributed by atoms with E-state index < -0.39 is 0 Å². The fraction of sp³-hybridized carbons (Fsp3) is 0.571. The molecule has 0 spiro atoms. The molecule has 2 heterocycles. The molecule has 4 heteroatoms. The molecule has 2 N–H and O–H groups in total. The highest BCUT2D eigenvalue weighted by molar-refractivity contribution is 5.82. The Hall–Kier alpha value is -1.42. The molecule has 1 unspecified atom stereocenters. The molecule has 1 aromatic rings. The molecule has 1 amide bonds. The van der Waals surface area contributed by atoms with Gasteiger partial charge in [-0.1, -0.05) is 18.9 Å². The van der Waals surface area contributed by atoms with Crippen LogP contribution in [-0.2, 0) is 4.79 Å². The number of hydrogen-bond donors (Lipinski definition) is 2. The lowest BCUT2D eigenvalue weighted by Crippen LogP contribution is -2.44. The molecule has 0 aliphatic carbocycles. The van der Waals surface area contributed by atoms with E-state index in [-0.39, 0.29) is 18.0 Å². The van der Waals surface area contributed by atoms with Gasteiger partial charge in [-0.15, -0.1) is 0 Å². The maximum absolute atomic E-state index is 12.1. The van der Waals surface area contributed by atoms with Crippen molar-refractivity contribution in [1.29, 1.82) is 0 Å². The summed E-state index contributed by atoms with van der Waals surface area (Å²) in [5.74, 6) is 0.105. The van der Waals surface area contributed by atoms with Crippen molar-refractivity contribution >= 4 is 5.91 Å². The first-order chi connectivity index (χ1) is 8.77. The Morgan fingerprint density at radius 3 is 3.17 bits per heavy atom. The summed E-state index contributed by atoms with van der Waals surface area (Å²) in [7, 11) is 0. The normalized spacial score (nSPS) is 21.9. The Bertz CT molecular complexity index is 372. The van der Waals surface area contributed by atoms with E-state index in [9.17, 15) is 4.79 Å². The molecule has 0 saturated carbocycles. The van der Waals surface area contributed by atoms with Crippen molar-refractivity contribution in [2.24, 2.45) is 0 Å². The average molecular weight is 247 g/mol. The van der Waals surface area contributed by atoms with E-state index in [4.69, 9.17) is 0 Å². The lowest BCUT2D eigenvalue weighted by molar-refractivity contribution is -0.123. The van der Waals surface area contributed by atoms with Crippen LogP contribution >= 0.6 is 0 Å². The summed E-state index contributed by atoms with van der Waals surface area (Å²) in [6.45, 7) is 2.94. The summed E-state index contributed by atoms with van der Waals surface area (Å²) < 4.78 is 0. The SMILES string of the molecule is C[C@H](NC(=O)C1CCCCCN1)c1cccnc1. The summed E-state index contributed by atoms with van der Waals surface area (Å²) >= 11 is 0. The molecule has 1 aliphatic rings. The van der Waals surface area contributed by atoms with Gasteiger partial charge in [-0.3, -0.25) is 9.78 Å². The summed E-state index contributed by atoms with van der Waals surface area (Å²) in [6.07, 6.45) is 7.99. The van der Waals surface area contributed by atoms with E-state index >= 15 is 0 Å².